The fraction of sp³-hybridized carbons (Fsp3) is 0.100. The molecule has 174 valence electrons. The van der Waals surface area contributed by atoms with Crippen molar-refractivity contribution in [1.82, 2.24) is 5.32 Å². The van der Waals surface area contributed by atoms with Crippen LogP contribution in [0.25, 0.3) is 38.4 Å². The van der Waals surface area contributed by atoms with E-state index < -0.39 is 0 Å². The summed E-state index contributed by atoms with van der Waals surface area (Å²) < 4.78 is 11.6. The van der Waals surface area contributed by atoms with E-state index in [4.69, 9.17) is 20.8 Å². The molecule has 1 heterocycles. The average molecular weight is 482 g/mol. The fourth-order valence-corrected chi connectivity index (χ4v) is 4.44. The number of amides is 1. The van der Waals surface area contributed by atoms with E-state index in [1.807, 2.05) is 55.5 Å². The summed E-state index contributed by atoms with van der Waals surface area (Å²) >= 11 is 5.94. The minimum Gasteiger partial charge on any atom is -0.496 e. The summed E-state index contributed by atoms with van der Waals surface area (Å²) in [5.74, 6) is 0.469. The van der Waals surface area contributed by atoms with E-state index in [1.165, 1.54) is 5.39 Å². The first-order valence-electron chi connectivity index (χ1n) is 11.3. The molecule has 1 amide bonds. The van der Waals surface area contributed by atoms with E-state index in [0.29, 0.717) is 17.3 Å². The number of benzene rings is 4. The summed E-state index contributed by atoms with van der Waals surface area (Å²) in [5.41, 5.74) is 5.44. The average Bonchev–Trinajstić information content (AvgIpc) is 3.30. The molecule has 4 aromatic carbocycles. The highest BCUT2D eigenvalue weighted by atomic mass is 35.5. The first kappa shape index (κ1) is 22.8. The number of hydrogen-bond donors (Lipinski definition) is 1. The van der Waals surface area contributed by atoms with Gasteiger partial charge >= 0.3 is 0 Å². The molecule has 4 nitrogen and oxygen atoms in total. The molecule has 0 aliphatic carbocycles. The zero-order chi connectivity index (χ0) is 24.4. The van der Waals surface area contributed by atoms with Crippen molar-refractivity contribution in [3.63, 3.8) is 0 Å². The Labute approximate surface area is 208 Å². The zero-order valence-corrected chi connectivity index (χ0v) is 20.2. The second kappa shape index (κ2) is 9.69. The fourth-order valence-electron chi connectivity index (χ4n) is 4.32. The molecule has 0 spiro atoms. The Morgan fingerprint density at radius 1 is 0.971 bits per heavy atom. The van der Waals surface area contributed by atoms with Crippen LogP contribution in [0.1, 0.15) is 18.1 Å². The van der Waals surface area contributed by atoms with E-state index in [2.05, 4.69) is 35.6 Å². The molecule has 35 heavy (non-hydrogen) atoms. The van der Waals surface area contributed by atoms with Gasteiger partial charge in [-0.05, 0) is 52.6 Å². The van der Waals surface area contributed by atoms with Gasteiger partial charge in [-0.15, -0.1) is 0 Å². The van der Waals surface area contributed by atoms with Gasteiger partial charge in [0.15, 0.2) is 0 Å². The predicted octanol–water partition coefficient (Wildman–Crippen LogP) is 7.63. The molecule has 0 saturated carbocycles. The molecule has 5 rings (SSSR count). The summed E-state index contributed by atoms with van der Waals surface area (Å²) in [7, 11) is 1.62. The van der Waals surface area contributed by atoms with Gasteiger partial charge in [0.2, 0.25) is 5.91 Å². The number of halogens is 1. The van der Waals surface area contributed by atoms with Gasteiger partial charge in [0.25, 0.3) is 0 Å². The number of nitrogens with one attached hydrogen (secondary N) is 1. The highest BCUT2D eigenvalue weighted by Crippen LogP contribution is 2.39. The van der Waals surface area contributed by atoms with Crippen LogP contribution in [0.15, 0.2) is 95.6 Å². The van der Waals surface area contributed by atoms with E-state index in [1.54, 1.807) is 19.4 Å². The lowest BCUT2D eigenvalue weighted by molar-refractivity contribution is -0.116. The molecule has 0 aliphatic heterocycles. The molecule has 0 bridgehead atoms. The number of fused-ring (bicyclic) bond motifs is 2. The van der Waals surface area contributed by atoms with Gasteiger partial charge in [-0.25, -0.2) is 0 Å². The van der Waals surface area contributed by atoms with Gasteiger partial charge in [-0.1, -0.05) is 66.2 Å². The number of carbonyl (C=O) groups is 1. The van der Waals surface area contributed by atoms with Crippen LogP contribution in [-0.2, 0) is 11.3 Å². The normalized spacial score (nSPS) is 11.7. The number of allylic oxidation sites excluding steroid dienone is 1. The molecule has 1 aromatic heterocycles. The van der Waals surface area contributed by atoms with Crippen molar-refractivity contribution in [2.45, 2.75) is 13.5 Å². The first-order valence-corrected chi connectivity index (χ1v) is 11.7. The van der Waals surface area contributed by atoms with Gasteiger partial charge in [0.1, 0.15) is 11.3 Å². The summed E-state index contributed by atoms with van der Waals surface area (Å²) in [5, 5.41) is 6.88. The second-order valence-corrected chi connectivity index (χ2v) is 8.83. The van der Waals surface area contributed by atoms with Gasteiger partial charge in [0.05, 0.1) is 13.4 Å². The minimum absolute atomic E-state index is 0.180. The van der Waals surface area contributed by atoms with Crippen molar-refractivity contribution in [3.05, 3.63) is 107 Å². The largest absolute Gasteiger partial charge is 0.496 e. The molecule has 5 heteroatoms. The molecule has 1 N–H and O–H groups in total. The van der Waals surface area contributed by atoms with E-state index >= 15 is 0 Å². The van der Waals surface area contributed by atoms with Crippen molar-refractivity contribution in [1.29, 1.82) is 0 Å². The zero-order valence-electron chi connectivity index (χ0n) is 19.5. The van der Waals surface area contributed by atoms with Crippen molar-refractivity contribution in [2.75, 3.05) is 7.11 Å². The SMILES string of the molecule is COc1cc2occ(-c3cccc4ccccc34)c2cc1/C(C)=C/C(=O)NCc1ccc(Cl)cc1. The minimum atomic E-state index is -0.180. The Morgan fingerprint density at radius 2 is 1.74 bits per heavy atom. The maximum absolute atomic E-state index is 12.6. The lowest BCUT2D eigenvalue weighted by atomic mass is 9.96. The van der Waals surface area contributed by atoms with E-state index in [0.717, 1.165) is 44.2 Å². The van der Waals surface area contributed by atoms with E-state index in [9.17, 15) is 4.79 Å². The third kappa shape index (κ3) is 4.66. The predicted molar refractivity (Wildman–Crippen MR) is 143 cm³/mol. The first-order chi connectivity index (χ1) is 17.0. The Balaban J connectivity index is 1.49. The number of methoxy groups -OCH3 is 1. The Bertz CT molecular complexity index is 1560. The van der Waals surface area contributed by atoms with Gasteiger partial charge in [0, 0.05) is 40.2 Å². The molecular weight excluding hydrogens is 458 g/mol. The van der Waals surface area contributed by atoms with Crippen LogP contribution in [0, 0.1) is 0 Å². The summed E-state index contributed by atoms with van der Waals surface area (Å²) in [6.45, 7) is 2.33. The standard InChI is InChI=1S/C30H24ClNO3/c1-19(14-30(33)32-17-20-10-12-22(31)13-11-20)25-15-26-27(18-35-29(26)16-28(25)34-2)24-9-5-7-21-6-3-4-8-23(21)24/h3-16,18H,17H2,1-2H3,(H,32,33)/b19-14+. The lowest BCUT2D eigenvalue weighted by Gasteiger charge is -2.11. The number of hydrogen-bond acceptors (Lipinski definition) is 3. The van der Waals surface area contributed by atoms with Crippen molar-refractivity contribution >= 4 is 44.8 Å². The number of carbonyl (C=O) groups excluding carboxylic acids is 1. The van der Waals surface area contributed by atoms with Crippen LogP contribution in [0.5, 0.6) is 5.75 Å². The summed E-state index contributed by atoms with van der Waals surface area (Å²) in [6.07, 6.45) is 3.38. The molecule has 0 atom stereocenters. The highest BCUT2D eigenvalue weighted by molar-refractivity contribution is 6.30. The quantitative estimate of drug-likeness (QED) is 0.253. The molecule has 0 unspecified atom stereocenters. The third-order valence-electron chi connectivity index (χ3n) is 6.13. The smallest absolute Gasteiger partial charge is 0.244 e. The lowest BCUT2D eigenvalue weighted by Crippen LogP contribution is -2.20. The summed E-state index contributed by atoms with van der Waals surface area (Å²) in [6, 6.07) is 25.9. The van der Waals surface area contributed by atoms with Crippen molar-refractivity contribution < 1.29 is 13.9 Å². The summed E-state index contributed by atoms with van der Waals surface area (Å²) in [4.78, 5) is 12.6. The molecule has 5 aromatic rings. The maximum Gasteiger partial charge on any atom is 0.244 e. The second-order valence-electron chi connectivity index (χ2n) is 8.40. The maximum atomic E-state index is 12.6. The molecule has 0 aliphatic rings. The Hall–Kier alpha value is -4.02. The van der Waals surface area contributed by atoms with Crippen LogP contribution in [0.4, 0.5) is 0 Å². The third-order valence-corrected chi connectivity index (χ3v) is 6.38. The van der Waals surface area contributed by atoms with Gasteiger partial charge in [-0.3, -0.25) is 4.79 Å². The van der Waals surface area contributed by atoms with Crippen molar-refractivity contribution in [2.24, 2.45) is 0 Å². The van der Waals surface area contributed by atoms with Crippen LogP contribution in [0.3, 0.4) is 0 Å². The Morgan fingerprint density at radius 3 is 2.54 bits per heavy atom. The molecule has 0 saturated heterocycles. The van der Waals surface area contributed by atoms with Gasteiger partial charge < -0.3 is 14.5 Å². The molecular formula is C30H24ClNO3. The highest BCUT2D eigenvalue weighted by Gasteiger charge is 2.16. The van der Waals surface area contributed by atoms with Crippen LogP contribution in [0.2, 0.25) is 5.02 Å². The van der Waals surface area contributed by atoms with Gasteiger partial charge in [-0.2, -0.15) is 0 Å². The number of furan rings is 1. The van der Waals surface area contributed by atoms with Crippen LogP contribution < -0.4 is 10.1 Å². The topological polar surface area (TPSA) is 51.5 Å². The molecule has 0 radical (unpaired) electrons. The number of rotatable bonds is 6. The van der Waals surface area contributed by atoms with E-state index in [-0.39, 0.29) is 5.91 Å². The Kier molecular flexibility index (Phi) is 6.30. The van der Waals surface area contributed by atoms with Crippen molar-refractivity contribution in [3.8, 4) is 16.9 Å². The number of ether oxygens (including phenoxy) is 1. The monoisotopic (exact) mass is 481 g/mol. The van der Waals surface area contributed by atoms with Crippen LogP contribution >= 0.6 is 11.6 Å². The molecule has 0 fully saturated rings. The van der Waals surface area contributed by atoms with Crippen LogP contribution in [-0.4, -0.2) is 13.0 Å².